The molecule has 0 aromatic carbocycles. The maximum absolute atomic E-state index is 12.7. The highest BCUT2D eigenvalue weighted by Crippen LogP contribution is 2.50. The van der Waals surface area contributed by atoms with E-state index in [0.717, 1.165) is 0 Å². The van der Waals surface area contributed by atoms with Crippen LogP contribution >= 0.6 is 12.4 Å². The molecule has 10 heteroatoms. The van der Waals surface area contributed by atoms with E-state index in [1.807, 2.05) is 11.9 Å². The Kier molecular flexibility index (Phi) is 5.98. The molecule has 1 aliphatic rings. The van der Waals surface area contributed by atoms with Gasteiger partial charge in [-0.2, -0.15) is 13.2 Å². The summed E-state index contributed by atoms with van der Waals surface area (Å²) in [6.07, 6.45) is -4.11. The Labute approximate surface area is 148 Å². The minimum atomic E-state index is -4.64. The first kappa shape index (κ1) is 21.5. The lowest BCUT2D eigenvalue weighted by atomic mass is 9.54. The summed E-state index contributed by atoms with van der Waals surface area (Å²) in [7, 11) is 0. The molecule has 1 heterocycles. The number of carbonyl (C=O) groups is 1. The van der Waals surface area contributed by atoms with Crippen molar-refractivity contribution in [3.8, 4) is 0 Å². The number of amides is 1. The largest absolute Gasteiger partial charge is 0.417 e. The standard InChI is InChI=1S/C15H20F3N3O3.ClH/c1-4-24-10-6-14(19,13(10,2)3)12(23)21-9-5-8(15(16,17)18)7-20-11(9)22;/h5,7,10H,4,6,19H2,1-3H3,(H,20,22)(H,21,23);1H. The second-order valence-corrected chi connectivity index (χ2v) is 6.42. The number of hydrogen-bond acceptors (Lipinski definition) is 4. The maximum atomic E-state index is 12.7. The first-order chi connectivity index (χ1) is 10.9. The number of nitrogens with one attached hydrogen (secondary N) is 2. The van der Waals surface area contributed by atoms with Crippen LogP contribution in [-0.4, -0.2) is 29.1 Å². The minimum Gasteiger partial charge on any atom is -0.378 e. The number of halogens is 4. The van der Waals surface area contributed by atoms with Crippen molar-refractivity contribution in [3.63, 3.8) is 0 Å². The number of pyridine rings is 1. The second-order valence-electron chi connectivity index (χ2n) is 6.42. The van der Waals surface area contributed by atoms with E-state index in [1.165, 1.54) is 0 Å². The molecule has 0 spiro atoms. The molecule has 2 unspecified atom stereocenters. The number of nitrogens with two attached hydrogens (primary N) is 1. The van der Waals surface area contributed by atoms with Gasteiger partial charge in [-0.15, -0.1) is 12.4 Å². The van der Waals surface area contributed by atoms with Gasteiger partial charge in [-0.05, 0) is 13.0 Å². The highest BCUT2D eigenvalue weighted by atomic mass is 35.5. The number of aromatic nitrogens is 1. The summed E-state index contributed by atoms with van der Waals surface area (Å²) in [6.45, 7) is 5.76. The van der Waals surface area contributed by atoms with Gasteiger partial charge in [0.1, 0.15) is 11.2 Å². The molecule has 1 aliphatic carbocycles. The first-order valence-corrected chi connectivity index (χ1v) is 7.45. The maximum Gasteiger partial charge on any atom is 0.417 e. The van der Waals surface area contributed by atoms with Crippen LogP contribution in [-0.2, 0) is 15.7 Å². The van der Waals surface area contributed by atoms with Crippen LogP contribution in [0.5, 0.6) is 0 Å². The topological polar surface area (TPSA) is 97.2 Å². The molecule has 0 saturated heterocycles. The molecule has 25 heavy (non-hydrogen) atoms. The van der Waals surface area contributed by atoms with E-state index < -0.39 is 39.8 Å². The Hall–Kier alpha value is -1.58. The van der Waals surface area contributed by atoms with E-state index in [0.29, 0.717) is 18.9 Å². The highest BCUT2D eigenvalue weighted by molar-refractivity contribution is 5.99. The lowest BCUT2D eigenvalue weighted by Crippen LogP contribution is -2.74. The zero-order chi connectivity index (χ0) is 18.3. The van der Waals surface area contributed by atoms with Crippen LogP contribution in [0.25, 0.3) is 0 Å². The van der Waals surface area contributed by atoms with E-state index in [1.54, 1.807) is 13.8 Å². The third kappa shape index (κ3) is 3.68. The predicted octanol–water partition coefficient (Wildman–Crippen LogP) is 2.29. The van der Waals surface area contributed by atoms with Crippen molar-refractivity contribution in [2.24, 2.45) is 11.1 Å². The Morgan fingerprint density at radius 1 is 1.48 bits per heavy atom. The lowest BCUT2D eigenvalue weighted by molar-refractivity contribution is -0.166. The number of hydrogen-bond donors (Lipinski definition) is 3. The van der Waals surface area contributed by atoms with Gasteiger partial charge < -0.3 is 20.8 Å². The third-order valence-corrected chi connectivity index (χ3v) is 4.71. The van der Waals surface area contributed by atoms with Crippen LogP contribution in [0.15, 0.2) is 17.1 Å². The summed E-state index contributed by atoms with van der Waals surface area (Å²) in [6, 6.07) is 0.589. The molecule has 1 saturated carbocycles. The molecule has 6 nitrogen and oxygen atoms in total. The van der Waals surface area contributed by atoms with Crippen LogP contribution in [0.1, 0.15) is 32.8 Å². The van der Waals surface area contributed by atoms with Gasteiger partial charge in [-0.1, -0.05) is 13.8 Å². The smallest absolute Gasteiger partial charge is 0.378 e. The molecular weight excluding hydrogens is 363 g/mol. The molecule has 0 bridgehead atoms. The van der Waals surface area contributed by atoms with Crippen molar-refractivity contribution >= 4 is 24.0 Å². The Balaban J connectivity index is 0.00000312. The molecule has 1 fully saturated rings. The van der Waals surface area contributed by atoms with Gasteiger partial charge in [-0.25, -0.2) is 0 Å². The highest BCUT2D eigenvalue weighted by Gasteiger charge is 2.62. The number of rotatable bonds is 4. The predicted molar refractivity (Wildman–Crippen MR) is 88.7 cm³/mol. The van der Waals surface area contributed by atoms with Gasteiger partial charge in [0.2, 0.25) is 5.91 Å². The number of carbonyl (C=O) groups excluding carboxylic acids is 1. The fourth-order valence-electron chi connectivity index (χ4n) is 2.79. The van der Waals surface area contributed by atoms with Crippen LogP contribution < -0.4 is 16.6 Å². The van der Waals surface area contributed by atoms with E-state index in [9.17, 15) is 22.8 Å². The molecule has 1 aromatic heterocycles. The van der Waals surface area contributed by atoms with Crippen molar-refractivity contribution < 1.29 is 22.7 Å². The number of aromatic amines is 1. The fraction of sp³-hybridized carbons (Fsp3) is 0.600. The molecular formula is C15H21ClF3N3O3. The van der Waals surface area contributed by atoms with Gasteiger partial charge in [0, 0.05) is 24.6 Å². The number of ether oxygens (including phenoxy) is 1. The summed E-state index contributed by atoms with van der Waals surface area (Å²) in [5.41, 5.74) is 1.69. The Bertz CT molecular complexity index is 705. The van der Waals surface area contributed by atoms with Gasteiger partial charge in [0.25, 0.3) is 5.56 Å². The molecule has 0 aliphatic heterocycles. The number of H-pyrrole nitrogens is 1. The summed E-state index contributed by atoms with van der Waals surface area (Å²) >= 11 is 0. The van der Waals surface area contributed by atoms with Gasteiger partial charge >= 0.3 is 6.18 Å². The van der Waals surface area contributed by atoms with Crippen molar-refractivity contribution in [3.05, 3.63) is 28.2 Å². The van der Waals surface area contributed by atoms with Crippen LogP contribution in [0.3, 0.4) is 0 Å². The molecule has 2 rings (SSSR count). The first-order valence-electron chi connectivity index (χ1n) is 7.45. The molecule has 4 N–H and O–H groups in total. The quantitative estimate of drug-likeness (QED) is 0.743. The van der Waals surface area contributed by atoms with E-state index >= 15 is 0 Å². The normalized spacial score (nSPS) is 24.8. The van der Waals surface area contributed by atoms with Gasteiger partial charge in [-0.3, -0.25) is 9.59 Å². The van der Waals surface area contributed by atoms with Crippen molar-refractivity contribution in [1.82, 2.24) is 4.98 Å². The van der Waals surface area contributed by atoms with Crippen LogP contribution in [0.2, 0.25) is 0 Å². The average molecular weight is 384 g/mol. The minimum absolute atomic E-state index is 0. The summed E-state index contributed by atoms with van der Waals surface area (Å²) in [4.78, 5) is 26.1. The Morgan fingerprint density at radius 2 is 2.08 bits per heavy atom. The van der Waals surface area contributed by atoms with Crippen molar-refractivity contribution in [1.29, 1.82) is 0 Å². The van der Waals surface area contributed by atoms with Crippen molar-refractivity contribution in [2.75, 3.05) is 11.9 Å². The zero-order valence-electron chi connectivity index (χ0n) is 14.0. The zero-order valence-corrected chi connectivity index (χ0v) is 14.8. The van der Waals surface area contributed by atoms with E-state index in [2.05, 4.69) is 5.32 Å². The van der Waals surface area contributed by atoms with Crippen molar-refractivity contribution in [2.45, 2.75) is 45.0 Å². The molecule has 2 atom stereocenters. The molecule has 142 valence electrons. The SMILES string of the molecule is CCOC1CC(N)(C(=O)Nc2cc(C(F)(F)F)c[nH]c2=O)C1(C)C.Cl. The fourth-order valence-corrected chi connectivity index (χ4v) is 2.79. The molecule has 1 amide bonds. The average Bonchev–Trinajstić information content (AvgIpc) is 2.47. The summed E-state index contributed by atoms with van der Waals surface area (Å²) in [5, 5.41) is 2.22. The summed E-state index contributed by atoms with van der Waals surface area (Å²) in [5.74, 6) is -0.715. The van der Waals surface area contributed by atoms with Gasteiger partial charge in [0.05, 0.1) is 11.7 Å². The van der Waals surface area contributed by atoms with Crippen LogP contribution in [0, 0.1) is 5.41 Å². The number of anilines is 1. The Morgan fingerprint density at radius 3 is 2.56 bits per heavy atom. The number of alkyl halides is 3. The monoisotopic (exact) mass is 383 g/mol. The summed E-state index contributed by atoms with van der Waals surface area (Å²) < 4.78 is 43.7. The third-order valence-electron chi connectivity index (χ3n) is 4.71. The second kappa shape index (κ2) is 6.97. The van der Waals surface area contributed by atoms with Crippen LogP contribution in [0.4, 0.5) is 18.9 Å². The molecule has 1 aromatic rings. The van der Waals surface area contributed by atoms with E-state index in [-0.39, 0.29) is 24.9 Å². The lowest BCUT2D eigenvalue weighted by Gasteiger charge is -2.57. The molecule has 0 radical (unpaired) electrons. The van der Waals surface area contributed by atoms with Gasteiger partial charge in [0.15, 0.2) is 0 Å². The van der Waals surface area contributed by atoms with E-state index in [4.69, 9.17) is 10.5 Å².